The summed E-state index contributed by atoms with van der Waals surface area (Å²) in [5.74, 6) is -2.30. The van der Waals surface area contributed by atoms with Gasteiger partial charge in [0.05, 0.1) is 0 Å². The summed E-state index contributed by atoms with van der Waals surface area (Å²) in [6.07, 6.45) is 3.28. The van der Waals surface area contributed by atoms with Crippen LogP contribution >= 0.6 is 0 Å². The van der Waals surface area contributed by atoms with Gasteiger partial charge < -0.3 is 4.90 Å². The molecule has 0 aromatic heterocycles. The topological polar surface area (TPSA) is 37.4 Å². The number of likely N-dealkylation sites (tertiary alicyclic amines) is 1. The molecule has 1 amide bonds. The Hall–Kier alpha value is -2.08. The third-order valence-corrected chi connectivity index (χ3v) is 5.10. The SMILES string of the molecule is CS(=O)c1ccc(-c2cc(F)c(C(=O)N3CCCC3)c(F)c2)cc1. The Morgan fingerprint density at radius 1 is 1.00 bits per heavy atom. The fourth-order valence-electron chi connectivity index (χ4n) is 2.86. The Bertz CT molecular complexity index is 776. The highest BCUT2D eigenvalue weighted by Gasteiger charge is 2.26. The van der Waals surface area contributed by atoms with Gasteiger partial charge in [-0.15, -0.1) is 0 Å². The van der Waals surface area contributed by atoms with Gasteiger partial charge in [0, 0.05) is 35.0 Å². The highest BCUT2D eigenvalue weighted by molar-refractivity contribution is 7.84. The molecule has 0 N–H and O–H groups in total. The molecule has 0 bridgehead atoms. The van der Waals surface area contributed by atoms with Gasteiger partial charge >= 0.3 is 0 Å². The summed E-state index contributed by atoms with van der Waals surface area (Å²) in [5.41, 5.74) is 0.450. The van der Waals surface area contributed by atoms with Crippen LogP contribution in [0, 0.1) is 11.6 Å². The molecular weight excluding hydrogens is 332 g/mol. The van der Waals surface area contributed by atoms with Crippen molar-refractivity contribution < 1.29 is 17.8 Å². The zero-order valence-electron chi connectivity index (χ0n) is 13.2. The van der Waals surface area contributed by atoms with E-state index in [4.69, 9.17) is 0 Å². The predicted molar refractivity (Wildman–Crippen MR) is 89.3 cm³/mol. The van der Waals surface area contributed by atoms with E-state index >= 15 is 0 Å². The molecule has 2 aromatic rings. The molecule has 1 fully saturated rings. The maximum atomic E-state index is 14.4. The van der Waals surface area contributed by atoms with E-state index in [2.05, 4.69) is 0 Å². The van der Waals surface area contributed by atoms with E-state index in [1.54, 1.807) is 30.5 Å². The van der Waals surface area contributed by atoms with Gasteiger partial charge in [-0.25, -0.2) is 8.78 Å². The predicted octanol–water partition coefficient (Wildman–Crippen LogP) is 3.61. The Morgan fingerprint density at radius 3 is 2.04 bits per heavy atom. The van der Waals surface area contributed by atoms with Crippen molar-refractivity contribution in [2.75, 3.05) is 19.3 Å². The normalized spacial score (nSPS) is 15.5. The molecule has 0 spiro atoms. The average Bonchev–Trinajstić information content (AvgIpc) is 3.08. The molecule has 24 heavy (non-hydrogen) atoms. The van der Waals surface area contributed by atoms with Crippen LogP contribution in [0.1, 0.15) is 23.2 Å². The molecule has 2 aromatic carbocycles. The molecule has 1 heterocycles. The second-order valence-electron chi connectivity index (χ2n) is 5.79. The Kier molecular flexibility index (Phi) is 4.76. The van der Waals surface area contributed by atoms with Crippen molar-refractivity contribution in [1.82, 2.24) is 4.90 Å². The average molecular weight is 349 g/mol. The van der Waals surface area contributed by atoms with E-state index in [0.717, 1.165) is 12.8 Å². The van der Waals surface area contributed by atoms with E-state index in [9.17, 15) is 17.8 Å². The minimum atomic E-state index is -1.11. The first-order chi connectivity index (χ1) is 11.5. The molecule has 0 aliphatic carbocycles. The summed E-state index contributed by atoms with van der Waals surface area (Å²) in [6.45, 7) is 1.07. The second-order valence-corrected chi connectivity index (χ2v) is 7.17. The Morgan fingerprint density at radius 2 is 1.54 bits per heavy atom. The summed E-state index contributed by atoms with van der Waals surface area (Å²) in [5, 5.41) is 0. The van der Waals surface area contributed by atoms with Crippen molar-refractivity contribution in [3.63, 3.8) is 0 Å². The number of amides is 1. The molecule has 1 aliphatic heterocycles. The largest absolute Gasteiger partial charge is 0.338 e. The van der Waals surface area contributed by atoms with Crippen LogP contribution in [0.3, 0.4) is 0 Å². The van der Waals surface area contributed by atoms with Crippen LogP contribution in [0.25, 0.3) is 11.1 Å². The first-order valence-electron chi connectivity index (χ1n) is 7.69. The molecule has 1 unspecified atom stereocenters. The van der Waals surface area contributed by atoms with Crippen LogP contribution in [-0.2, 0) is 10.8 Å². The molecule has 0 radical (unpaired) electrons. The molecule has 1 aliphatic rings. The summed E-state index contributed by atoms with van der Waals surface area (Å²) in [7, 11) is -1.11. The van der Waals surface area contributed by atoms with Gasteiger partial charge in [-0.05, 0) is 48.2 Å². The Balaban J connectivity index is 1.94. The molecule has 0 saturated carbocycles. The summed E-state index contributed by atoms with van der Waals surface area (Å²) < 4.78 is 40.1. The summed E-state index contributed by atoms with van der Waals surface area (Å²) in [6, 6.07) is 8.98. The number of carbonyl (C=O) groups is 1. The lowest BCUT2D eigenvalue weighted by Crippen LogP contribution is -2.29. The number of rotatable bonds is 3. The Labute approximate surface area is 141 Å². The fourth-order valence-corrected chi connectivity index (χ4v) is 3.38. The lowest BCUT2D eigenvalue weighted by atomic mass is 10.0. The summed E-state index contributed by atoms with van der Waals surface area (Å²) >= 11 is 0. The third-order valence-electron chi connectivity index (χ3n) is 4.17. The van der Waals surface area contributed by atoms with Crippen molar-refractivity contribution in [2.24, 2.45) is 0 Å². The highest BCUT2D eigenvalue weighted by atomic mass is 32.2. The van der Waals surface area contributed by atoms with Crippen LogP contribution in [0.15, 0.2) is 41.3 Å². The molecular formula is C18H17F2NO2S. The maximum absolute atomic E-state index is 14.4. The minimum Gasteiger partial charge on any atom is -0.338 e. The van der Waals surface area contributed by atoms with Crippen molar-refractivity contribution in [3.05, 3.63) is 53.6 Å². The number of hydrogen-bond donors (Lipinski definition) is 0. The van der Waals surface area contributed by atoms with Gasteiger partial charge in [0.1, 0.15) is 17.2 Å². The fraction of sp³-hybridized carbons (Fsp3) is 0.278. The minimum absolute atomic E-state index is 0.344. The van der Waals surface area contributed by atoms with Crippen LogP contribution in [0.4, 0.5) is 8.78 Å². The van der Waals surface area contributed by atoms with Gasteiger partial charge in [0.25, 0.3) is 5.91 Å². The number of halogens is 2. The number of carbonyl (C=O) groups excluding carboxylic acids is 1. The lowest BCUT2D eigenvalue weighted by molar-refractivity contribution is 0.0783. The highest BCUT2D eigenvalue weighted by Crippen LogP contribution is 2.27. The molecule has 1 saturated heterocycles. The number of nitrogens with zero attached hydrogens (tertiary/aromatic N) is 1. The zero-order valence-corrected chi connectivity index (χ0v) is 14.0. The van der Waals surface area contributed by atoms with E-state index in [1.165, 1.54) is 17.0 Å². The van der Waals surface area contributed by atoms with E-state index in [-0.39, 0.29) is 0 Å². The van der Waals surface area contributed by atoms with Crippen molar-refractivity contribution in [3.8, 4) is 11.1 Å². The third kappa shape index (κ3) is 3.24. The molecule has 6 heteroatoms. The first kappa shape index (κ1) is 16.8. The number of benzene rings is 2. The van der Waals surface area contributed by atoms with Crippen LogP contribution in [0.5, 0.6) is 0 Å². The molecule has 1 atom stereocenters. The zero-order chi connectivity index (χ0) is 17.3. The van der Waals surface area contributed by atoms with Gasteiger partial charge in [-0.2, -0.15) is 0 Å². The maximum Gasteiger partial charge on any atom is 0.259 e. The number of hydrogen-bond acceptors (Lipinski definition) is 2. The monoisotopic (exact) mass is 349 g/mol. The van der Waals surface area contributed by atoms with Crippen molar-refractivity contribution in [2.45, 2.75) is 17.7 Å². The van der Waals surface area contributed by atoms with E-state index in [0.29, 0.717) is 29.1 Å². The molecule has 3 nitrogen and oxygen atoms in total. The van der Waals surface area contributed by atoms with Crippen molar-refractivity contribution in [1.29, 1.82) is 0 Å². The van der Waals surface area contributed by atoms with Gasteiger partial charge in [-0.1, -0.05) is 12.1 Å². The lowest BCUT2D eigenvalue weighted by Gasteiger charge is -2.16. The van der Waals surface area contributed by atoms with Gasteiger partial charge in [0.2, 0.25) is 0 Å². The van der Waals surface area contributed by atoms with E-state index in [1.807, 2.05) is 0 Å². The standard InChI is InChI=1S/C18H17F2NO2S/c1-24(23)14-6-4-12(5-7-14)13-10-15(19)17(16(20)11-13)18(22)21-8-2-3-9-21/h4-7,10-11H,2-3,8-9H2,1H3. The first-order valence-corrected chi connectivity index (χ1v) is 9.25. The van der Waals surface area contributed by atoms with Gasteiger partial charge in [-0.3, -0.25) is 9.00 Å². The van der Waals surface area contributed by atoms with Crippen LogP contribution in [-0.4, -0.2) is 34.4 Å². The van der Waals surface area contributed by atoms with Crippen LogP contribution in [0.2, 0.25) is 0 Å². The molecule has 3 rings (SSSR count). The smallest absolute Gasteiger partial charge is 0.259 e. The quantitative estimate of drug-likeness (QED) is 0.849. The van der Waals surface area contributed by atoms with E-state index < -0.39 is 33.9 Å². The second kappa shape index (κ2) is 6.81. The molecule has 126 valence electrons. The van der Waals surface area contributed by atoms with Gasteiger partial charge in [0.15, 0.2) is 0 Å². The van der Waals surface area contributed by atoms with Crippen LogP contribution < -0.4 is 0 Å². The summed E-state index contributed by atoms with van der Waals surface area (Å²) in [4.78, 5) is 14.4. The van der Waals surface area contributed by atoms with Crippen molar-refractivity contribution >= 4 is 16.7 Å².